The average Bonchev–Trinajstić information content (AvgIpc) is 3.74. The van der Waals surface area contributed by atoms with Crippen molar-refractivity contribution in [2.75, 3.05) is 45.3 Å². The number of nitrogens with one attached hydrogen (secondary N) is 5. The number of hydrogen-bond acceptors (Lipinski definition) is 10. The number of carbonyl (C=O) groups excluding carboxylic acids is 7. The molecule has 0 spiro atoms. The van der Waals surface area contributed by atoms with Crippen LogP contribution in [0.15, 0.2) is 48.5 Å². The fourth-order valence-electron chi connectivity index (χ4n) is 8.17. The second-order valence-corrected chi connectivity index (χ2v) is 18.0. The molecular weight excluding hydrogens is 889 g/mol. The van der Waals surface area contributed by atoms with E-state index in [0.717, 1.165) is 18.5 Å². The number of ketones is 3. The monoisotopic (exact) mass is 962 g/mol. The summed E-state index contributed by atoms with van der Waals surface area (Å²) in [7, 11) is 5.26. The van der Waals surface area contributed by atoms with Crippen LogP contribution in [0, 0.1) is 23.7 Å². The number of likely N-dealkylation sites (N-methyl/N-ethyl adjacent to an activating group) is 1. The Kier molecular flexibility index (Phi) is 24.6. The maximum absolute atomic E-state index is 14.5. The van der Waals surface area contributed by atoms with Crippen LogP contribution in [0.4, 0.5) is 16.2 Å². The molecule has 64 heavy (non-hydrogen) atoms. The van der Waals surface area contributed by atoms with Crippen LogP contribution in [-0.2, 0) is 74.3 Å². The van der Waals surface area contributed by atoms with Crippen LogP contribution in [-0.4, -0.2) is 109 Å². The molecule has 2 aromatic carbocycles. The van der Waals surface area contributed by atoms with Gasteiger partial charge in [0.05, 0.1) is 18.1 Å². The van der Waals surface area contributed by atoms with Gasteiger partial charge >= 0.3 is 0 Å². The second kappa shape index (κ2) is 28.1. The molecule has 7 N–H and O–H groups in total. The number of benzene rings is 2. The van der Waals surface area contributed by atoms with Crippen molar-refractivity contribution in [2.24, 2.45) is 23.7 Å². The molecule has 15 nitrogen and oxygen atoms in total. The van der Waals surface area contributed by atoms with Gasteiger partial charge in [-0.15, -0.1) is 0 Å². The molecule has 1 aliphatic rings. The van der Waals surface area contributed by atoms with Crippen LogP contribution in [0.25, 0.3) is 5.73 Å². The Morgan fingerprint density at radius 1 is 0.797 bits per heavy atom. The van der Waals surface area contributed by atoms with Crippen LogP contribution < -0.4 is 27.0 Å². The Morgan fingerprint density at radius 3 is 1.97 bits per heavy atom. The van der Waals surface area contributed by atoms with E-state index in [-0.39, 0.29) is 93.5 Å². The number of nitrogens with two attached hydrogens (primary N) is 1. The van der Waals surface area contributed by atoms with Gasteiger partial charge in [0.2, 0.25) is 17.7 Å². The first-order valence-electron chi connectivity index (χ1n) is 22.6. The molecule has 1 aliphatic heterocycles. The Balaban J connectivity index is 0.0000141. The van der Waals surface area contributed by atoms with E-state index < -0.39 is 47.8 Å². The average molecular weight is 963 g/mol. The summed E-state index contributed by atoms with van der Waals surface area (Å²) < 4.78 is 0. The van der Waals surface area contributed by atoms with Gasteiger partial charge in [-0.1, -0.05) is 63.6 Å². The maximum Gasteiger partial charge on any atom is 0.226 e. The molecule has 0 bridgehead atoms. The van der Waals surface area contributed by atoms with Gasteiger partial charge in [0.25, 0.3) is 0 Å². The number of Topliss-reactive ketones (excluding diaryl/α,β-unsaturated/α-hetero) is 3. The molecule has 1 fully saturated rings. The van der Waals surface area contributed by atoms with Crippen LogP contribution in [0.2, 0.25) is 0 Å². The van der Waals surface area contributed by atoms with Crippen molar-refractivity contribution in [3.05, 3.63) is 65.4 Å². The van der Waals surface area contributed by atoms with Crippen molar-refractivity contribution in [1.82, 2.24) is 25.8 Å². The predicted molar refractivity (Wildman–Crippen MR) is 248 cm³/mol. The third-order valence-corrected chi connectivity index (χ3v) is 12.2. The van der Waals surface area contributed by atoms with Crippen molar-refractivity contribution >= 4 is 52.5 Å². The van der Waals surface area contributed by atoms with Crippen molar-refractivity contribution in [1.29, 1.82) is 0 Å². The zero-order valence-electron chi connectivity index (χ0n) is 39.3. The third-order valence-electron chi connectivity index (χ3n) is 12.2. The van der Waals surface area contributed by atoms with E-state index in [4.69, 9.17) is 11.5 Å². The summed E-state index contributed by atoms with van der Waals surface area (Å²) >= 11 is 0. The maximum atomic E-state index is 14.5. The van der Waals surface area contributed by atoms with E-state index in [1.165, 1.54) is 7.05 Å². The van der Waals surface area contributed by atoms with Crippen LogP contribution in [0.3, 0.4) is 0 Å². The normalized spacial score (nSPS) is 16.0. The molecule has 351 valence electrons. The number of likely N-dealkylation sites (tertiary alicyclic amines) is 1. The predicted octanol–water partition coefficient (Wildman–Crippen LogP) is 5.75. The fourth-order valence-corrected chi connectivity index (χ4v) is 8.17. The zero-order chi connectivity index (χ0) is 46.8. The SMILES string of the molecule is CNC(=O)[C@@H](C)CC(=O)[C@@H]1CCCN1C(=O)[C@H](CCCCN(C)C(C)C)CC(=O)[C@H](CC(C)C)NC(=O)[C@H](CC(=O)[C@H](Cc1ccc(N)cc1)NC)Cc1ccc(NC([NH-])=O)cc1.[Y]. The van der Waals surface area contributed by atoms with Crippen LogP contribution in [0.5, 0.6) is 0 Å². The van der Waals surface area contributed by atoms with E-state index in [0.29, 0.717) is 68.0 Å². The number of urea groups is 1. The van der Waals surface area contributed by atoms with E-state index in [9.17, 15) is 33.6 Å². The molecule has 1 radical (unpaired) electrons. The third kappa shape index (κ3) is 18.4. The molecule has 0 aromatic heterocycles. The van der Waals surface area contributed by atoms with Crippen LogP contribution >= 0.6 is 0 Å². The summed E-state index contributed by atoms with van der Waals surface area (Å²) in [4.78, 5) is 98.4. The fraction of sp³-hybridized carbons (Fsp3) is 0.604. The van der Waals surface area contributed by atoms with Gasteiger partial charge in [-0.05, 0) is 114 Å². The van der Waals surface area contributed by atoms with E-state index in [1.807, 2.05) is 33.0 Å². The van der Waals surface area contributed by atoms with E-state index in [1.54, 1.807) is 55.3 Å². The number of nitrogens with zero attached hydrogens (tertiary/aromatic N) is 2. The molecule has 1 heterocycles. The van der Waals surface area contributed by atoms with E-state index in [2.05, 4.69) is 40.0 Å². The first-order chi connectivity index (χ1) is 29.8. The summed E-state index contributed by atoms with van der Waals surface area (Å²) in [6.45, 7) is 11.0. The first-order valence-corrected chi connectivity index (χ1v) is 22.6. The minimum Gasteiger partial charge on any atom is -0.447 e. The number of rotatable bonds is 27. The number of anilines is 2. The first kappa shape index (κ1) is 56.1. The van der Waals surface area contributed by atoms with Gasteiger partial charge in [-0.3, -0.25) is 33.6 Å². The Hall–Kier alpha value is -4.05. The molecule has 0 aliphatic carbocycles. The molecule has 5 amide bonds. The molecular formula is C48H73N8O7Y-. The summed E-state index contributed by atoms with van der Waals surface area (Å²) in [5, 5.41) is 11.1. The smallest absolute Gasteiger partial charge is 0.226 e. The van der Waals surface area contributed by atoms with Gasteiger partial charge in [0, 0.05) is 95.0 Å². The number of carbonyl (C=O) groups is 7. The summed E-state index contributed by atoms with van der Waals surface area (Å²) in [5.41, 5.74) is 15.7. The van der Waals surface area contributed by atoms with Crippen molar-refractivity contribution < 1.29 is 66.3 Å². The Labute approximate surface area is 406 Å². The number of amides is 5. The Bertz CT molecular complexity index is 1840. The van der Waals surface area contributed by atoms with Crippen LogP contribution in [0.1, 0.15) is 104 Å². The summed E-state index contributed by atoms with van der Waals surface area (Å²) in [6, 6.07) is 11.1. The van der Waals surface area contributed by atoms with Crippen molar-refractivity contribution in [2.45, 2.75) is 129 Å². The molecule has 6 atom stereocenters. The van der Waals surface area contributed by atoms with Gasteiger partial charge < -0.3 is 42.5 Å². The minimum atomic E-state index is -0.963. The molecule has 2 aromatic rings. The minimum absolute atomic E-state index is 0. The summed E-state index contributed by atoms with van der Waals surface area (Å²) in [5.74, 6) is -3.76. The number of unbranched alkanes of at least 4 members (excludes halogenated alkanes) is 1. The van der Waals surface area contributed by atoms with Gasteiger partial charge in [0.1, 0.15) is 0 Å². The molecule has 0 saturated carbocycles. The quantitative estimate of drug-likeness (QED) is 0.0539. The standard InChI is InChI=1S/C48H74N8O7.Y/c1-30(2)24-40(43(58)28-35(12-9-10-22-55(8)31(3)4)47(62)56-23-11-13-41(56)44(59)25-32(5)45(60)52-7)54-46(61)36(26-33-16-20-38(21-17-33)53-48(50)63)29-42(57)39(51-6)27-34-14-18-37(49)19-15-34;/h14-21,30-32,35-36,39-41,51H,9-13,22-29,49H2,1-8H3,(H5,50,52,53,54,60,61,63);/p-1/t32-,35+,36-,39-,40-,41-;/m0./s1. The van der Waals surface area contributed by atoms with Crippen molar-refractivity contribution in [3.8, 4) is 0 Å². The van der Waals surface area contributed by atoms with Gasteiger partial charge in [-0.2, -0.15) is 0 Å². The molecule has 1 saturated heterocycles. The molecule has 16 heteroatoms. The van der Waals surface area contributed by atoms with Gasteiger partial charge in [0.15, 0.2) is 23.4 Å². The van der Waals surface area contributed by atoms with Crippen molar-refractivity contribution in [3.63, 3.8) is 0 Å². The Morgan fingerprint density at radius 2 is 1.39 bits per heavy atom. The topological polar surface area (TPSA) is 224 Å². The second-order valence-electron chi connectivity index (χ2n) is 18.0. The molecule has 3 rings (SSSR count). The largest absolute Gasteiger partial charge is 0.447 e. The number of hydrogen-bond donors (Lipinski definition) is 5. The zero-order valence-corrected chi connectivity index (χ0v) is 42.2. The van der Waals surface area contributed by atoms with E-state index >= 15 is 0 Å². The number of nitrogen functional groups attached to an aromatic ring is 1. The summed E-state index contributed by atoms with van der Waals surface area (Å²) in [6.07, 6.45) is 3.64. The van der Waals surface area contributed by atoms with Gasteiger partial charge in [-0.25, -0.2) is 0 Å². The molecule has 0 unspecified atom stereocenters.